The van der Waals surface area contributed by atoms with Crippen LogP contribution in [0.1, 0.15) is 115 Å². The van der Waals surface area contributed by atoms with Crippen LogP contribution in [0.4, 0.5) is 11.4 Å². The van der Waals surface area contributed by atoms with Gasteiger partial charge in [-0.25, -0.2) is 0 Å². The lowest BCUT2D eigenvalue weighted by atomic mass is 9.92. The molecule has 8 nitrogen and oxygen atoms in total. The molecule has 2 aromatic carbocycles. The van der Waals surface area contributed by atoms with E-state index >= 15 is 0 Å². The van der Waals surface area contributed by atoms with Crippen LogP contribution in [0.3, 0.4) is 0 Å². The molecule has 0 saturated carbocycles. The number of rotatable bonds is 20. The highest BCUT2D eigenvalue weighted by atomic mass is 16.6. The van der Waals surface area contributed by atoms with Gasteiger partial charge in [-0.2, -0.15) is 0 Å². The quantitative estimate of drug-likeness (QED) is 0.0559. The molecule has 38 heavy (non-hydrogen) atoms. The summed E-state index contributed by atoms with van der Waals surface area (Å²) in [6, 6.07) is 11.4. The third kappa shape index (κ3) is 11.8. The highest BCUT2D eigenvalue weighted by Crippen LogP contribution is 2.28. The van der Waals surface area contributed by atoms with Crippen molar-refractivity contribution in [3.05, 3.63) is 74.3 Å². The molecule has 2 aromatic rings. The summed E-state index contributed by atoms with van der Waals surface area (Å²) in [5.41, 5.74) is 0.545. The number of nitro groups is 2. The van der Waals surface area contributed by atoms with Gasteiger partial charge in [0.05, 0.1) is 15.8 Å². The molecule has 1 atom stereocenters. The van der Waals surface area contributed by atoms with E-state index in [4.69, 9.17) is 4.74 Å². The van der Waals surface area contributed by atoms with Gasteiger partial charge in [-0.05, 0) is 24.1 Å². The Balaban J connectivity index is 1.77. The number of nitro benzene ring substituents is 2. The van der Waals surface area contributed by atoms with E-state index in [0.29, 0.717) is 12.0 Å². The summed E-state index contributed by atoms with van der Waals surface area (Å²) >= 11 is 0. The van der Waals surface area contributed by atoms with Crippen molar-refractivity contribution in [2.24, 2.45) is 0 Å². The molecule has 208 valence electrons. The van der Waals surface area contributed by atoms with E-state index in [2.05, 4.69) is 6.92 Å². The molecule has 8 heteroatoms. The number of benzene rings is 2. The Bertz CT molecular complexity index is 975. The fourth-order valence-electron chi connectivity index (χ4n) is 4.62. The Hall–Kier alpha value is -3.29. The van der Waals surface area contributed by atoms with Crippen LogP contribution in [0, 0.1) is 20.2 Å². The molecule has 0 heterocycles. The number of esters is 1. The molecule has 0 bridgehead atoms. The topological polar surface area (TPSA) is 113 Å². The SMILES string of the molecule is CCCCCCCCCCCCCCCCC(C(=O)Oc1ccc([N+](=O)[O-])cc1)c1ccc([N+](=O)[O-])cc1. The van der Waals surface area contributed by atoms with Gasteiger partial charge in [-0.15, -0.1) is 0 Å². The van der Waals surface area contributed by atoms with Gasteiger partial charge in [0.25, 0.3) is 11.4 Å². The van der Waals surface area contributed by atoms with E-state index in [1.807, 2.05) is 0 Å². The maximum atomic E-state index is 13.0. The second-order valence-corrected chi connectivity index (χ2v) is 9.96. The maximum absolute atomic E-state index is 13.0. The molecule has 0 aliphatic heterocycles. The zero-order valence-electron chi connectivity index (χ0n) is 22.6. The van der Waals surface area contributed by atoms with Crippen molar-refractivity contribution in [1.29, 1.82) is 0 Å². The third-order valence-corrected chi connectivity index (χ3v) is 6.90. The monoisotopic (exact) mass is 526 g/mol. The second-order valence-electron chi connectivity index (χ2n) is 9.96. The summed E-state index contributed by atoms with van der Waals surface area (Å²) in [4.78, 5) is 33.9. The minimum atomic E-state index is -0.566. The van der Waals surface area contributed by atoms with Crippen molar-refractivity contribution in [2.45, 2.75) is 109 Å². The second kappa shape index (κ2) is 18.0. The number of hydrogen-bond acceptors (Lipinski definition) is 6. The van der Waals surface area contributed by atoms with E-state index in [9.17, 15) is 25.0 Å². The molecule has 0 aliphatic carbocycles. The van der Waals surface area contributed by atoms with Crippen molar-refractivity contribution in [3.63, 3.8) is 0 Å². The van der Waals surface area contributed by atoms with Gasteiger partial charge >= 0.3 is 5.97 Å². The first kappa shape index (κ1) is 30.9. The van der Waals surface area contributed by atoms with E-state index in [0.717, 1.165) is 19.3 Å². The Kier molecular flexibility index (Phi) is 14.7. The molecule has 0 spiro atoms. The first-order chi connectivity index (χ1) is 18.4. The highest BCUT2D eigenvalue weighted by molar-refractivity contribution is 5.80. The molecular weight excluding hydrogens is 484 g/mol. The average molecular weight is 527 g/mol. The van der Waals surface area contributed by atoms with Crippen molar-refractivity contribution < 1.29 is 19.4 Å². The molecule has 0 aromatic heterocycles. The Labute approximate surface area is 226 Å². The Morgan fingerprint density at radius 2 is 1.05 bits per heavy atom. The predicted molar refractivity (Wildman–Crippen MR) is 149 cm³/mol. The molecule has 2 rings (SSSR count). The number of hydrogen-bond donors (Lipinski definition) is 0. The summed E-state index contributed by atoms with van der Waals surface area (Å²) in [6.45, 7) is 2.25. The molecule has 0 aliphatic rings. The first-order valence-electron chi connectivity index (χ1n) is 14.1. The number of nitrogens with zero attached hydrogens (tertiary/aromatic N) is 2. The van der Waals surface area contributed by atoms with Gasteiger partial charge in [0.15, 0.2) is 0 Å². The van der Waals surface area contributed by atoms with Crippen LogP contribution >= 0.6 is 0 Å². The standard InChI is InChI=1S/C30H42N2O6/c1-2-3-4-5-6-7-8-9-10-11-12-13-14-15-16-29(25-17-19-26(20-18-25)31(34)35)30(33)38-28-23-21-27(22-24-28)32(36)37/h17-24,29H,2-16H2,1H3. The van der Waals surface area contributed by atoms with Crippen LogP contribution < -0.4 is 4.74 Å². The Morgan fingerprint density at radius 1 is 0.658 bits per heavy atom. The summed E-state index contributed by atoms with van der Waals surface area (Å²) in [6.07, 6.45) is 18.0. The summed E-state index contributed by atoms with van der Waals surface area (Å²) in [5.74, 6) is -0.806. The fourth-order valence-corrected chi connectivity index (χ4v) is 4.62. The smallest absolute Gasteiger partial charge is 0.318 e. The van der Waals surface area contributed by atoms with Gasteiger partial charge < -0.3 is 4.74 Å². The summed E-state index contributed by atoms with van der Waals surface area (Å²) in [7, 11) is 0. The van der Waals surface area contributed by atoms with Gasteiger partial charge in [0.2, 0.25) is 0 Å². The largest absolute Gasteiger partial charge is 0.426 e. The van der Waals surface area contributed by atoms with E-state index < -0.39 is 21.7 Å². The van der Waals surface area contributed by atoms with Crippen LogP contribution in [0.2, 0.25) is 0 Å². The lowest BCUT2D eigenvalue weighted by Gasteiger charge is -2.16. The number of carbonyl (C=O) groups is 1. The number of carbonyl (C=O) groups excluding carboxylic acids is 1. The van der Waals surface area contributed by atoms with Gasteiger partial charge in [0, 0.05) is 24.3 Å². The van der Waals surface area contributed by atoms with Crippen LogP contribution in [0.25, 0.3) is 0 Å². The molecule has 0 N–H and O–H groups in total. The van der Waals surface area contributed by atoms with Gasteiger partial charge in [0.1, 0.15) is 5.75 Å². The number of ether oxygens (including phenoxy) is 1. The minimum Gasteiger partial charge on any atom is -0.426 e. The number of unbranched alkanes of at least 4 members (excludes halogenated alkanes) is 13. The van der Waals surface area contributed by atoms with Crippen LogP contribution in [-0.2, 0) is 4.79 Å². The first-order valence-corrected chi connectivity index (χ1v) is 14.1. The van der Waals surface area contributed by atoms with E-state index in [1.54, 1.807) is 12.1 Å². The normalized spacial score (nSPS) is 11.7. The molecule has 0 radical (unpaired) electrons. The van der Waals surface area contributed by atoms with Crippen molar-refractivity contribution in [1.82, 2.24) is 0 Å². The predicted octanol–water partition coefficient (Wildman–Crippen LogP) is 9.06. The molecule has 0 saturated heterocycles. The van der Waals surface area contributed by atoms with Gasteiger partial charge in [-0.3, -0.25) is 25.0 Å². The molecular formula is C30H42N2O6. The third-order valence-electron chi connectivity index (χ3n) is 6.90. The molecule has 0 amide bonds. The van der Waals surface area contributed by atoms with Crippen LogP contribution in [-0.4, -0.2) is 15.8 Å². The minimum absolute atomic E-state index is 0.0345. The lowest BCUT2D eigenvalue weighted by molar-refractivity contribution is -0.385. The van der Waals surface area contributed by atoms with E-state index in [1.165, 1.54) is 107 Å². The van der Waals surface area contributed by atoms with Crippen molar-refractivity contribution in [2.75, 3.05) is 0 Å². The zero-order valence-corrected chi connectivity index (χ0v) is 22.6. The summed E-state index contributed by atoms with van der Waals surface area (Å²) < 4.78 is 5.52. The van der Waals surface area contributed by atoms with Crippen LogP contribution in [0.5, 0.6) is 5.75 Å². The Morgan fingerprint density at radius 3 is 1.47 bits per heavy atom. The molecule has 0 fully saturated rings. The zero-order chi connectivity index (χ0) is 27.6. The molecule has 1 unspecified atom stereocenters. The maximum Gasteiger partial charge on any atom is 0.318 e. The summed E-state index contributed by atoms with van der Waals surface area (Å²) in [5, 5.41) is 21.9. The van der Waals surface area contributed by atoms with Crippen molar-refractivity contribution >= 4 is 17.3 Å². The van der Waals surface area contributed by atoms with Crippen molar-refractivity contribution in [3.8, 4) is 5.75 Å². The lowest BCUT2D eigenvalue weighted by Crippen LogP contribution is -2.19. The van der Waals surface area contributed by atoms with E-state index in [-0.39, 0.29) is 17.1 Å². The average Bonchev–Trinajstić information content (AvgIpc) is 2.91. The number of non-ortho nitro benzene ring substituents is 2. The van der Waals surface area contributed by atoms with Gasteiger partial charge in [-0.1, -0.05) is 109 Å². The highest BCUT2D eigenvalue weighted by Gasteiger charge is 2.23. The van der Waals surface area contributed by atoms with Crippen LogP contribution in [0.15, 0.2) is 48.5 Å². The fraction of sp³-hybridized carbons (Fsp3) is 0.567.